The van der Waals surface area contributed by atoms with Gasteiger partial charge in [0.05, 0.1) is 19.0 Å². The predicted molar refractivity (Wildman–Crippen MR) is 104 cm³/mol. The fourth-order valence-corrected chi connectivity index (χ4v) is 2.94. The van der Waals surface area contributed by atoms with E-state index in [0.29, 0.717) is 38.7 Å². The minimum absolute atomic E-state index is 0.0879. The molecule has 0 spiro atoms. The zero-order valence-electron chi connectivity index (χ0n) is 15.4. The van der Waals surface area contributed by atoms with E-state index in [1.54, 1.807) is 6.92 Å². The molecule has 3 N–H and O–H groups in total. The molecule has 0 saturated heterocycles. The Bertz CT molecular complexity index is 707. The van der Waals surface area contributed by atoms with Crippen molar-refractivity contribution in [2.75, 3.05) is 43.9 Å². The summed E-state index contributed by atoms with van der Waals surface area (Å²) >= 11 is 0. The average Bonchev–Trinajstić information content (AvgIpc) is 2.86. The second-order valence-corrected chi connectivity index (χ2v) is 7.84. The maximum atomic E-state index is 11.4. The van der Waals surface area contributed by atoms with Gasteiger partial charge in [0, 0.05) is 37.8 Å². The number of guanidine groups is 1. The Hall–Kier alpha value is -2.00. The second kappa shape index (κ2) is 10.2. The fraction of sp³-hybridized carbons (Fsp3) is 0.588. The van der Waals surface area contributed by atoms with E-state index in [1.807, 2.05) is 25.1 Å². The minimum Gasteiger partial charge on any atom is -0.490 e. The number of nitrogens with one attached hydrogen (secondary N) is 3. The molecule has 0 aliphatic carbocycles. The van der Waals surface area contributed by atoms with Gasteiger partial charge < -0.3 is 20.1 Å². The van der Waals surface area contributed by atoms with Gasteiger partial charge in [-0.15, -0.1) is 0 Å². The second-order valence-electron chi connectivity index (χ2n) is 5.75. The lowest BCUT2D eigenvalue weighted by molar-refractivity contribution is 0.297. The number of nitrogens with zero attached hydrogens (tertiary/aromatic N) is 1. The number of anilines is 1. The summed E-state index contributed by atoms with van der Waals surface area (Å²) in [5.41, 5.74) is 0.848. The van der Waals surface area contributed by atoms with Crippen molar-refractivity contribution >= 4 is 21.7 Å². The first-order chi connectivity index (χ1) is 12.5. The summed E-state index contributed by atoms with van der Waals surface area (Å²) in [6, 6.07) is 5.69. The molecule has 1 aromatic rings. The van der Waals surface area contributed by atoms with Crippen LogP contribution in [0.5, 0.6) is 11.5 Å². The number of hydrogen-bond acceptors (Lipinski definition) is 5. The van der Waals surface area contributed by atoms with E-state index >= 15 is 0 Å². The normalized spacial score (nSPS) is 14.6. The average molecular weight is 385 g/mol. The quantitative estimate of drug-likeness (QED) is 0.357. The predicted octanol–water partition coefficient (Wildman–Crippen LogP) is 1.55. The van der Waals surface area contributed by atoms with Gasteiger partial charge in [-0.25, -0.2) is 13.1 Å². The van der Waals surface area contributed by atoms with Gasteiger partial charge >= 0.3 is 0 Å². The van der Waals surface area contributed by atoms with Crippen LogP contribution in [0.4, 0.5) is 5.69 Å². The molecule has 1 aromatic carbocycles. The van der Waals surface area contributed by atoms with Gasteiger partial charge in [-0.05, 0) is 32.4 Å². The van der Waals surface area contributed by atoms with Crippen molar-refractivity contribution in [3.05, 3.63) is 18.2 Å². The molecule has 1 heterocycles. The number of sulfonamides is 1. The van der Waals surface area contributed by atoms with E-state index in [4.69, 9.17) is 9.47 Å². The molecule has 1 aliphatic heterocycles. The van der Waals surface area contributed by atoms with Crippen molar-refractivity contribution < 1.29 is 17.9 Å². The van der Waals surface area contributed by atoms with Crippen LogP contribution in [0, 0.1) is 0 Å². The molecule has 2 rings (SSSR count). The molecular formula is C17H28N4O4S. The summed E-state index contributed by atoms with van der Waals surface area (Å²) in [4.78, 5) is 4.47. The van der Waals surface area contributed by atoms with Gasteiger partial charge in [-0.2, -0.15) is 0 Å². The Morgan fingerprint density at radius 1 is 1.19 bits per heavy atom. The number of fused-ring (bicyclic) bond motifs is 1. The third kappa shape index (κ3) is 6.72. The van der Waals surface area contributed by atoms with Crippen LogP contribution in [-0.4, -0.2) is 53.0 Å². The molecule has 0 bridgehead atoms. The summed E-state index contributed by atoms with van der Waals surface area (Å²) in [6.07, 6.45) is 1.49. The molecule has 8 nitrogen and oxygen atoms in total. The zero-order chi connectivity index (χ0) is 18.8. The summed E-state index contributed by atoms with van der Waals surface area (Å²) in [6.45, 7) is 6.50. The van der Waals surface area contributed by atoms with E-state index < -0.39 is 10.0 Å². The minimum atomic E-state index is -3.15. The van der Waals surface area contributed by atoms with Crippen LogP contribution in [0.15, 0.2) is 23.2 Å². The Kier molecular flexibility index (Phi) is 7.99. The molecule has 0 saturated carbocycles. The standard InChI is InChI=1S/C17H28N4O4S/c1-3-18-17(19-9-5-10-20-26(22,23)4-2)21-14-7-8-15-16(13-14)25-12-6-11-24-15/h7-8,13,20H,3-6,9-12H2,1-2H3,(H2,18,19,21). The maximum absolute atomic E-state index is 11.4. The Balaban J connectivity index is 1.91. The first kappa shape index (κ1) is 20.3. The van der Waals surface area contributed by atoms with E-state index in [9.17, 15) is 8.42 Å². The lowest BCUT2D eigenvalue weighted by atomic mass is 10.3. The number of aliphatic imine (C=N–C) groups is 1. The van der Waals surface area contributed by atoms with Crippen molar-refractivity contribution in [3.63, 3.8) is 0 Å². The van der Waals surface area contributed by atoms with Crippen LogP contribution in [0.3, 0.4) is 0 Å². The van der Waals surface area contributed by atoms with Crippen LogP contribution in [0.25, 0.3) is 0 Å². The first-order valence-electron chi connectivity index (χ1n) is 8.96. The van der Waals surface area contributed by atoms with Gasteiger partial charge in [-0.3, -0.25) is 4.99 Å². The number of benzene rings is 1. The van der Waals surface area contributed by atoms with Gasteiger partial charge in [0.1, 0.15) is 0 Å². The molecular weight excluding hydrogens is 356 g/mol. The highest BCUT2D eigenvalue weighted by Gasteiger charge is 2.11. The summed E-state index contributed by atoms with van der Waals surface area (Å²) in [5, 5.41) is 6.40. The molecule has 0 atom stereocenters. The van der Waals surface area contributed by atoms with Crippen LogP contribution in [-0.2, 0) is 10.0 Å². The zero-order valence-corrected chi connectivity index (χ0v) is 16.2. The maximum Gasteiger partial charge on any atom is 0.211 e. The molecule has 9 heteroatoms. The third-order valence-corrected chi connectivity index (χ3v) is 5.07. The van der Waals surface area contributed by atoms with Crippen molar-refractivity contribution in [1.29, 1.82) is 0 Å². The number of hydrogen-bond donors (Lipinski definition) is 3. The fourth-order valence-electron chi connectivity index (χ4n) is 2.28. The van der Waals surface area contributed by atoms with Crippen molar-refractivity contribution in [2.45, 2.75) is 26.7 Å². The Morgan fingerprint density at radius 3 is 2.69 bits per heavy atom. The number of rotatable bonds is 8. The van der Waals surface area contributed by atoms with Crippen LogP contribution < -0.4 is 24.8 Å². The van der Waals surface area contributed by atoms with Crippen molar-refractivity contribution in [3.8, 4) is 11.5 Å². The topological polar surface area (TPSA) is 101 Å². The van der Waals surface area contributed by atoms with E-state index in [2.05, 4.69) is 20.3 Å². The highest BCUT2D eigenvalue weighted by atomic mass is 32.2. The molecule has 0 radical (unpaired) electrons. The van der Waals surface area contributed by atoms with Crippen molar-refractivity contribution in [1.82, 2.24) is 10.0 Å². The third-order valence-electron chi connectivity index (χ3n) is 3.66. The monoisotopic (exact) mass is 384 g/mol. The molecule has 0 amide bonds. The van der Waals surface area contributed by atoms with Gasteiger partial charge in [-0.1, -0.05) is 0 Å². The molecule has 1 aliphatic rings. The smallest absolute Gasteiger partial charge is 0.211 e. The van der Waals surface area contributed by atoms with Gasteiger partial charge in [0.25, 0.3) is 0 Å². The lowest BCUT2D eigenvalue weighted by Crippen LogP contribution is -2.31. The van der Waals surface area contributed by atoms with Crippen LogP contribution in [0.2, 0.25) is 0 Å². The summed E-state index contributed by atoms with van der Waals surface area (Å²) in [5.74, 6) is 2.20. The lowest BCUT2D eigenvalue weighted by Gasteiger charge is -2.13. The van der Waals surface area contributed by atoms with Crippen LogP contribution in [0.1, 0.15) is 26.7 Å². The molecule has 0 fully saturated rings. The van der Waals surface area contributed by atoms with Crippen LogP contribution >= 0.6 is 0 Å². The Morgan fingerprint density at radius 2 is 1.96 bits per heavy atom. The van der Waals surface area contributed by atoms with Gasteiger partial charge in [0.2, 0.25) is 10.0 Å². The summed E-state index contributed by atoms with van der Waals surface area (Å²) in [7, 11) is -3.15. The highest BCUT2D eigenvalue weighted by Crippen LogP contribution is 2.32. The summed E-state index contributed by atoms with van der Waals surface area (Å²) < 4.78 is 36.6. The van der Waals surface area contributed by atoms with E-state index in [0.717, 1.165) is 30.2 Å². The molecule has 146 valence electrons. The largest absolute Gasteiger partial charge is 0.490 e. The van der Waals surface area contributed by atoms with Gasteiger partial charge in [0.15, 0.2) is 17.5 Å². The molecule has 26 heavy (non-hydrogen) atoms. The Labute approximate surface area is 155 Å². The SMILES string of the molecule is CCNC(=NCCCNS(=O)(=O)CC)Nc1ccc2c(c1)OCCCO2. The van der Waals surface area contributed by atoms with Crippen molar-refractivity contribution in [2.24, 2.45) is 4.99 Å². The van der Waals surface area contributed by atoms with E-state index in [1.165, 1.54) is 0 Å². The molecule has 0 aromatic heterocycles. The van der Waals surface area contributed by atoms with E-state index in [-0.39, 0.29) is 5.75 Å². The first-order valence-corrected chi connectivity index (χ1v) is 10.6. The number of ether oxygens (including phenoxy) is 2. The highest BCUT2D eigenvalue weighted by molar-refractivity contribution is 7.89. The molecule has 0 unspecified atom stereocenters.